The molecule has 0 saturated carbocycles. The number of nitrogens with zero attached hydrogens (tertiary/aromatic N) is 2. The number of amides is 1. The van der Waals surface area contributed by atoms with E-state index in [0.717, 1.165) is 5.56 Å². The third-order valence-electron chi connectivity index (χ3n) is 3.90. The summed E-state index contributed by atoms with van der Waals surface area (Å²) in [6, 6.07) is 5.25. The van der Waals surface area contributed by atoms with Crippen molar-refractivity contribution in [2.45, 2.75) is 13.0 Å². The van der Waals surface area contributed by atoms with Crippen molar-refractivity contribution in [3.8, 4) is 5.75 Å². The van der Waals surface area contributed by atoms with Crippen LogP contribution in [0.2, 0.25) is 5.02 Å². The van der Waals surface area contributed by atoms with Crippen LogP contribution in [0.4, 0.5) is 0 Å². The van der Waals surface area contributed by atoms with E-state index >= 15 is 0 Å². The molecule has 7 nitrogen and oxygen atoms in total. The topological polar surface area (TPSA) is 79.3 Å². The monoisotopic (exact) mass is 370 g/mol. The van der Waals surface area contributed by atoms with Gasteiger partial charge in [0.25, 0.3) is 5.91 Å². The molecule has 25 heavy (non-hydrogen) atoms. The first-order valence-electron chi connectivity index (χ1n) is 8.04. The van der Waals surface area contributed by atoms with E-state index in [1.54, 1.807) is 35.0 Å². The van der Waals surface area contributed by atoms with Gasteiger partial charge in [-0.05, 0) is 37.7 Å². The molecule has 2 rings (SSSR count). The van der Waals surface area contributed by atoms with Gasteiger partial charge in [0, 0.05) is 24.7 Å². The smallest absolute Gasteiger partial charge is 0.317 e. The van der Waals surface area contributed by atoms with Gasteiger partial charge >= 0.3 is 5.97 Å². The lowest BCUT2D eigenvalue weighted by molar-refractivity contribution is -0.143. The van der Waals surface area contributed by atoms with Gasteiger partial charge in [-0.25, -0.2) is 0 Å². The standard InChI is InChI=1S/C17H23ClN2O5/c1-12-7-13(18)3-4-15(12)25-11-16(21)20-5-6-24-14(9-20)8-19(2)10-17(22)23/h3-4,7,14H,5-6,8-11H2,1-2H3,(H,22,23). The van der Waals surface area contributed by atoms with Gasteiger partial charge in [-0.1, -0.05) is 11.6 Å². The Morgan fingerprint density at radius 1 is 1.48 bits per heavy atom. The van der Waals surface area contributed by atoms with Crippen LogP contribution in [0.25, 0.3) is 0 Å². The van der Waals surface area contributed by atoms with Crippen LogP contribution in [0.5, 0.6) is 5.75 Å². The summed E-state index contributed by atoms with van der Waals surface area (Å²) in [5, 5.41) is 9.42. The predicted molar refractivity (Wildman–Crippen MR) is 93.1 cm³/mol. The van der Waals surface area contributed by atoms with Crippen LogP contribution in [0, 0.1) is 6.92 Å². The van der Waals surface area contributed by atoms with E-state index < -0.39 is 5.97 Å². The lowest BCUT2D eigenvalue weighted by atomic mass is 10.2. The highest BCUT2D eigenvalue weighted by atomic mass is 35.5. The number of hydrogen-bond acceptors (Lipinski definition) is 5. The normalized spacial score (nSPS) is 17.6. The van der Waals surface area contributed by atoms with Crippen LogP contribution in [0.15, 0.2) is 18.2 Å². The summed E-state index contributed by atoms with van der Waals surface area (Å²) in [6.07, 6.45) is -0.209. The highest BCUT2D eigenvalue weighted by Crippen LogP contribution is 2.21. The number of ether oxygens (including phenoxy) is 2. The SMILES string of the molecule is Cc1cc(Cl)ccc1OCC(=O)N1CCOC(CN(C)CC(=O)O)C1. The first-order valence-corrected chi connectivity index (χ1v) is 8.41. The van der Waals surface area contributed by atoms with Gasteiger partial charge in [-0.3, -0.25) is 14.5 Å². The molecule has 1 fully saturated rings. The van der Waals surface area contributed by atoms with Crippen molar-refractivity contribution in [3.63, 3.8) is 0 Å². The minimum Gasteiger partial charge on any atom is -0.483 e. The minimum atomic E-state index is -0.891. The molecule has 1 aromatic rings. The molecule has 1 aliphatic rings. The fraction of sp³-hybridized carbons (Fsp3) is 0.529. The van der Waals surface area contributed by atoms with E-state index in [1.807, 2.05) is 6.92 Å². The molecule has 0 aliphatic carbocycles. The van der Waals surface area contributed by atoms with E-state index in [2.05, 4.69) is 0 Å². The number of carbonyl (C=O) groups excluding carboxylic acids is 1. The second-order valence-corrected chi connectivity index (χ2v) is 6.56. The van der Waals surface area contributed by atoms with Crippen LogP contribution < -0.4 is 4.74 Å². The number of aliphatic carboxylic acids is 1. The van der Waals surface area contributed by atoms with Gasteiger partial charge in [-0.2, -0.15) is 0 Å². The lowest BCUT2D eigenvalue weighted by Gasteiger charge is -2.34. The third kappa shape index (κ3) is 6.19. The summed E-state index contributed by atoms with van der Waals surface area (Å²) in [4.78, 5) is 26.4. The van der Waals surface area contributed by atoms with E-state index in [9.17, 15) is 9.59 Å². The number of hydrogen-bond donors (Lipinski definition) is 1. The van der Waals surface area contributed by atoms with Crippen molar-refractivity contribution in [3.05, 3.63) is 28.8 Å². The number of rotatable bonds is 7. The molecule has 1 unspecified atom stereocenters. The van der Waals surface area contributed by atoms with Crippen molar-refractivity contribution in [1.29, 1.82) is 0 Å². The van der Waals surface area contributed by atoms with Gasteiger partial charge < -0.3 is 19.5 Å². The average molecular weight is 371 g/mol. The first kappa shape index (κ1) is 19.5. The molecule has 0 spiro atoms. The summed E-state index contributed by atoms with van der Waals surface area (Å²) in [6.45, 7) is 3.55. The molecule has 0 aromatic heterocycles. The molecule has 1 amide bonds. The van der Waals surface area contributed by atoms with Crippen molar-refractivity contribution in [1.82, 2.24) is 9.80 Å². The molecule has 0 bridgehead atoms. The first-order chi connectivity index (χ1) is 11.8. The second-order valence-electron chi connectivity index (χ2n) is 6.12. The van der Waals surface area contributed by atoms with E-state index in [-0.39, 0.29) is 25.2 Å². The molecule has 1 heterocycles. The Kier molecular flexibility index (Phi) is 7.04. The Labute approximate surface area is 152 Å². The highest BCUT2D eigenvalue weighted by molar-refractivity contribution is 6.30. The molecule has 0 radical (unpaired) electrons. The zero-order valence-corrected chi connectivity index (χ0v) is 15.2. The highest BCUT2D eigenvalue weighted by Gasteiger charge is 2.25. The minimum absolute atomic E-state index is 0.0554. The largest absolute Gasteiger partial charge is 0.483 e. The zero-order chi connectivity index (χ0) is 18.4. The van der Waals surface area contributed by atoms with Crippen LogP contribution >= 0.6 is 11.6 Å². The number of carbonyl (C=O) groups is 2. The molecule has 138 valence electrons. The quantitative estimate of drug-likeness (QED) is 0.778. The maximum Gasteiger partial charge on any atom is 0.317 e. The van der Waals surface area contributed by atoms with Crippen LogP contribution in [-0.4, -0.2) is 79.3 Å². The van der Waals surface area contributed by atoms with E-state index in [0.29, 0.717) is 37.0 Å². The Bertz CT molecular complexity index is 625. The van der Waals surface area contributed by atoms with Gasteiger partial charge in [0.2, 0.25) is 0 Å². The van der Waals surface area contributed by atoms with Crippen molar-refractivity contribution in [2.24, 2.45) is 0 Å². The molecule has 1 saturated heterocycles. The summed E-state index contributed by atoms with van der Waals surface area (Å²) in [5.74, 6) is -0.384. The number of benzene rings is 1. The summed E-state index contributed by atoms with van der Waals surface area (Å²) >= 11 is 5.91. The van der Waals surface area contributed by atoms with Gasteiger partial charge in [0.05, 0.1) is 19.3 Å². The van der Waals surface area contributed by atoms with Crippen LogP contribution in [-0.2, 0) is 14.3 Å². The van der Waals surface area contributed by atoms with Gasteiger partial charge in [0.15, 0.2) is 6.61 Å². The number of carboxylic acids is 1. The maximum absolute atomic E-state index is 12.4. The predicted octanol–water partition coefficient (Wildman–Crippen LogP) is 1.27. The third-order valence-corrected chi connectivity index (χ3v) is 4.14. The number of aryl methyl sites for hydroxylation is 1. The Balaban J connectivity index is 1.83. The van der Waals surface area contributed by atoms with Crippen molar-refractivity contribution in [2.75, 3.05) is 46.4 Å². The summed E-state index contributed by atoms with van der Waals surface area (Å²) in [7, 11) is 1.71. The molecular weight excluding hydrogens is 348 g/mol. The Hall–Kier alpha value is -1.83. The fourth-order valence-corrected chi connectivity index (χ4v) is 2.93. The van der Waals surface area contributed by atoms with E-state index in [4.69, 9.17) is 26.2 Å². The van der Waals surface area contributed by atoms with Crippen molar-refractivity contribution >= 4 is 23.5 Å². The van der Waals surface area contributed by atoms with Crippen LogP contribution in [0.3, 0.4) is 0 Å². The maximum atomic E-state index is 12.4. The average Bonchev–Trinajstić information content (AvgIpc) is 2.53. The molecular formula is C17H23ClN2O5. The molecule has 1 aliphatic heterocycles. The number of morpholine rings is 1. The van der Waals surface area contributed by atoms with Gasteiger partial charge in [-0.15, -0.1) is 0 Å². The summed E-state index contributed by atoms with van der Waals surface area (Å²) < 4.78 is 11.2. The fourth-order valence-electron chi connectivity index (χ4n) is 2.70. The Morgan fingerprint density at radius 3 is 2.92 bits per heavy atom. The molecule has 1 N–H and O–H groups in total. The number of halogens is 1. The van der Waals surface area contributed by atoms with Crippen molar-refractivity contribution < 1.29 is 24.2 Å². The number of carboxylic acid groups (broad SMARTS) is 1. The van der Waals surface area contributed by atoms with E-state index in [1.165, 1.54) is 0 Å². The Morgan fingerprint density at radius 2 is 2.24 bits per heavy atom. The second kappa shape index (κ2) is 9.03. The number of likely N-dealkylation sites (N-methyl/N-ethyl adjacent to an activating group) is 1. The van der Waals surface area contributed by atoms with Crippen LogP contribution in [0.1, 0.15) is 5.56 Å². The van der Waals surface area contributed by atoms with Gasteiger partial charge in [0.1, 0.15) is 5.75 Å². The lowest BCUT2D eigenvalue weighted by Crippen LogP contribution is -2.50. The molecule has 1 aromatic carbocycles. The summed E-state index contributed by atoms with van der Waals surface area (Å²) in [5.41, 5.74) is 0.871. The molecule has 1 atom stereocenters. The zero-order valence-electron chi connectivity index (χ0n) is 14.4. The molecule has 8 heteroatoms.